The van der Waals surface area contributed by atoms with Crippen LogP contribution in [0.5, 0.6) is 0 Å². The fraction of sp³-hybridized carbons (Fsp3) is 0.538. The van der Waals surface area contributed by atoms with E-state index in [9.17, 15) is 14.4 Å². The van der Waals surface area contributed by atoms with Crippen LogP contribution >= 0.6 is 0 Å². The first-order valence-electron chi connectivity index (χ1n) is 15.2. The Bertz CT molecular complexity index is 1040. The normalized spacial score (nSPS) is 9.98. The molecule has 6 heteroatoms. The van der Waals surface area contributed by atoms with Gasteiger partial charge in [-0.25, -0.2) is 14.4 Å². The first kappa shape index (κ1) is 51.0. The van der Waals surface area contributed by atoms with Crippen molar-refractivity contribution in [3.05, 3.63) is 86.3 Å². The first-order valence-corrected chi connectivity index (χ1v) is 15.2. The summed E-state index contributed by atoms with van der Waals surface area (Å²) >= 11 is 0. The molecule has 0 N–H and O–H groups in total. The van der Waals surface area contributed by atoms with Crippen LogP contribution in [0.3, 0.4) is 0 Å². The molecule has 0 aromatic heterocycles. The zero-order chi connectivity index (χ0) is 36.7. The highest BCUT2D eigenvalue weighted by atomic mass is 16.7. The summed E-state index contributed by atoms with van der Waals surface area (Å²) < 4.78 is 13.8. The van der Waals surface area contributed by atoms with E-state index in [1.807, 2.05) is 27.7 Å². The van der Waals surface area contributed by atoms with E-state index in [1.54, 1.807) is 59.8 Å². The third-order valence-electron chi connectivity index (χ3n) is 5.38. The molecule has 0 saturated carbocycles. The van der Waals surface area contributed by atoms with Gasteiger partial charge in [0.15, 0.2) is 0 Å². The van der Waals surface area contributed by atoms with E-state index in [-0.39, 0.29) is 12.8 Å². The fourth-order valence-corrected chi connectivity index (χ4v) is 1.91. The number of esters is 3. The summed E-state index contributed by atoms with van der Waals surface area (Å²) in [6, 6.07) is 0. The van der Waals surface area contributed by atoms with Gasteiger partial charge in [0.1, 0.15) is 0 Å². The van der Waals surface area contributed by atoms with Gasteiger partial charge in [0.2, 0.25) is 6.79 Å². The van der Waals surface area contributed by atoms with Gasteiger partial charge in [-0.3, -0.25) is 0 Å². The smallest absolute Gasteiger partial charge is 0.336 e. The van der Waals surface area contributed by atoms with Crippen LogP contribution in [-0.2, 0) is 28.6 Å². The highest BCUT2D eigenvalue weighted by Gasteiger charge is 2.07. The van der Waals surface area contributed by atoms with Crippen molar-refractivity contribution in [1.82, 2.24) is 0 Å². The highest BCUT2D eigenvalue weighted by molar-refractivity contribution is 5.89. The van der Waals surface area contributed by atoms with Crippen molar-refractivity contribution in [2.75, 3.05) is 13.9 Å². The third-order valence-corrected chi connectivity index (χ3v) is 5.38. The molecule has 0 aliphatic carbocycles. The van der Waals surface area contributed by atoms with Crippen molar-refractivity contribution in [1.29, 1.82) is 0 Å². The van der Waals surface area contributed by atoms with Gasteiger partial charge in [-0.1, -0.05) is 52.7 Å². The maximum absolute atomic E-state index is 11.1. The average Bonchev–Trinajstić information content (AvgIpc) is 2.95. The largest absolute Gasteiger partial charge is 0.466 e. The van der Waals surface area contributed by atoms with E-state index >= 15 is 0 Å². The molecule has 0 saturated heterocycles. The molecule has 0 aromatic carbocycles. The number of hydrogen-bond donors (Lipinski definition) is 0. The second kappa shape index (κ2) is 33.3. The Kier molecular flexibility index (Phi) is 37.7. The topological polar surface area (TPSA) is 78.9 Å². The molecular weight excluding hydrogens is 564 g/mol. The maximum Gasteiger partial charge on any atom is 0.336 e. The number of hydrogen-bond acceptors (Lipinski definition) is 6. The van der Waals surface area contributed by atoms with Crippen LogP contribution in [0.4, 0.5) is 0 Å². The Hall–Kier alpha value is -3.63. The Balaban J connectivity index is -0.000000155. The van der Waals surface area contributed by atoms with E-state index in [2.05, 4.69) is 87.5 Å². The van der Waals surface area contributed by atoms with Crippen LogP contribution in [0.25, 0.3) is 0 Å². The van der Waals surface area contributed by atoms with Crippen molar-refractivity contribution >= 4 is 17.9 Å². The zero-order valence-electron chi connectivity index (χ0n) is 32.3. The lowest BCUT2D eigenvalue weighted by Crippen LogP contribution is -2.13. The van der Waals surface area contributed by atoms with Gasteiger partial charge in [0, 0.05) is 16.7 Å². The molecule has 0 spiro atoms. The van der Waals surface area contributed by atoms with Crippen LogP contribution in [0.1, 0.15) is 131 Å². The number of ether oxygens (including phenoxy) is 3. The van der Waals surface area contributed by atoms with Crippen LogP contribution in [0.15, 0.2) is 86.3 Å². The van der Waals surface area contributed by atoms with Crippen molar-refractivity contribution in [2.24, 2.45) is 0 Å². The third kappa shape index (κ3) is 44.9. The SMILES string of the molecule is C/C=C(\C)C(=O)OC.C/C=C(\C)C(=O)OCOC(=O)/C(C)=C/C.CC(C)=C(C)C.CC(C)=C=C(C)C.CC(C)=CCC=C(C)C. The molecule has 0 radical (unpaired) electrons. The molecular formula is C39H66O6. The van der Waals surface area contributed by atoms with Gasteiger partial charge >= 0.3 is 17.9 Å². The Labute approximate surface area is 277 Å². The van der Waals surface area contributed by atoms with Gasteiger partial charge in [0.05, 0.1) is 7.11 Å². The number of carbonyl (C=O) groups excluding carboxylic acids is 3. The lowest BCUT2D eigenvalue weighted by atomic mass is 10.2. The molecule has 0 atom stereocenters. The van der Waals surface area contributed by atoms with Crippen LogP contribution in [0, 0.1) is 0 Å². The van der Waals surface area contributed by atoms with Crippen molar-refractivity contribution in [3.63, 3.8) is 0 Å². The highest BCUT2D eigenvalue weighted by Crippen LogP contribution is 2.00. The predicted molar refractivity (Wildman–Crippen MR) is 194 cm³/mol. The molecule has 0 bridgehead atoms. The van der Waals surface area contributed by atoms with Gasteiger partial charge in [-0.05, 0) is 142 Å². The van der Waals surface area contributed by atoms with Crippen molar-refractivity contribution in [2.45, 2.75) is 131 Å². The molecule has 0 aliphatic heterocycles. The van der Waals surface area contributed by atoms with Crippen molar-refractivity contribution in [3.8, 4) is 0 Å². The van der Waals surface area contributed by atoms with Crippen molar-refractivity contribution < 1.29 is 28.6 Å². The lowest BCUT2D eigenvalue weighted by molar-refractivity contribution is -0.161. The molecule has 0 rings (SSSR count). The first-order chi connectivity index (χ1) is 20.6. The Morgan fingerprint density at radius 1 is 0.511 bits per heavy atom. The lowest BCUT2D eigenvalue weighted by Gasteiger charge is -2.05. The molecule has 45 heavy (non-hydrogen) atoms. The summed E-state index contributed by atoms with van der Waals surface area (Å²) in [4.78, 5) is 32.6. The monoisotopic (exact) mass is 630 g/mol. The van der Waals surface area contributed by atoms with Crippen LogP contribution < -0.4 is 0 Å². The summed E-state index contributed by atoms with van der Waals surface area (Å²) in [5, 5.41) is 0. The molecule has 0 aromatic rings. The number of methoxy groups -OCH3 is 1. The Morgan fingerprint density at radius 3 is 0.956 bits per heavy atom. The molecule has 0 aliphatic rings. The molecule has 258 valence electrons. The van der Waals surface area contributed by atoms with E-state index < -0.39 is 11.9 Å². The van der Waals surface area contributed by atoms with Gasteiger partial charge in [0.25, 0.3) is 0 Å². The summed E-state index contributed by atoms with van der Waals surface area (Å²) in [6.45, 7) is 35.0. The quantitative estimate of drug-likeness (QED) is 0.0915. The minimum atomic E-state index is -0.483. The van der Waals surface area contributed by atoms with Gasteiger partial charge < -0.3 is 14.2 Å². The maximum atomic E-state index is 11.1. The Morgan fingerprint density at radius 2 is 0.800 bits per heavy atom. The zero-order valence-corrected chi connectivity index (χ0v) is 32.3. The van der Waals surface area contributed by atoms with Crippen LogP contribution in [-0.4, -0.2) is 31.8 Å². The molecule has 6 nitrogen and oxygen atoms in total. The van der Waals surface area contributed by atoms with E-state index in [0.29, 0.717) is 16.7 Å². The number of rotatable bonds is 7. The van der Waals surface area contributed by atoms with E-state index in [1.165, 1.54) is 40.5 Å². The summed E-state index contributed by atoms with van der Waals surface area (Å²) in [7, 11) is 1.37. The standard InChI is InChI=1S/C11H16O4.C9H16.C7H12.C6H10O2.C6H12/c1-5-8(3)10(12)14-7-15-11(13)9(4)6-2;1-8(2)6-5-7-9(3)4;1-6(2)5-7(3)4;1-4-5(2)6(7)8-3;1-5(2)6(3)4/h5-6H,7H2,1-4H3;6-7H,5H2,1-4H3;1-4H3;4H,1-3H3;1-4H3/b8-5+,9-6+;;;5-4+;. The van der Waals surface area contributed by atoms with E-state index in [0.717, 1.165) is 6.42 Å². The fourth-order valence-electron chi connectivity index (χ4n) is 1.91. The number of carbonyl (C=O) groups is 3. The second-order valence-electron chi connectivity index (χ2n) is 11.3. The summed E-state index contributed by atoms with van der Waals surface area (Å²) in [5.74, 6) is -1.22. The molecule has 0 amide bonds. The minimum Gasteiger partial charge on any atom is -0.466 e. The van der Waals surface area contributed by atoms with Crippen LogP contribution in [0.2, 0.25) is 0 Å². The molecule has 0 unspecified atom stereocenters. The summed E-state index contributed by atoms with van der Waals surface area (Å²) in [5.41, 5.74) is 12.9. The average molecular weight is 631 g/mol. The van der Waals surface area contributed by atoms with E-state index in [4.69, 9.17) is 0 Å². The predicted octanol–water partition coefficient (Wildman–Crippen LogP) is 11.3. The number of allylic oxidation sites excluding steroid dienone is 10. The van der Waals surface area contributed by atoms with Gasteiger partial charge in [-0.15, -0.1) is 5.73 Å². The molecule has 0 heterocycles. The van der Waals surface area contributed by atoms with Gasteiger partial charge in [-0.2, -0.15) is 0 Å². The minimum absolute atomic E-state index is 0.257. The summed E-state index contributed by atoms with van der Waals surface area (Å²) in [6.07, 6.45) is 10.5. The second-order valence-corrected chi connectivity index (χ2v) is 11.3. The molecule has 0 fully saturated rings.